The van der Waals surface area contributed by atoms with Gasteiger partial charge in [-0.3, -0.25) is 9.69 Å². The molecule has 0 saturated heterocycles. The zero-order valence-corrected chi connectivity index (χ0v) is 12.0. The second kappa shape index (κ2) is 7.38. The van der Waals surface area contributed by atoms with Crippen molar-refractivity contribution in [2.45, 2.75) is 19.0 Å². The zero-order valence-electron chi connectivity index (χ0n) is 12.0. The van der Waals surface area contributed by atoms with E-state index in [9.17, 15) is 4.79 Å². The van der Waals surface area contributed by atoms with E-state index in [1.54, 1.807) is 0 Å². The van der Waals surface area contributed by atoms with Gasteiger partial charge in [-0.2, -0.15) is 0 Å². The van der Waals surface area contributed by atoms with Crippen molar-refractivity contribution in [3.05, 3.63) is 35.4 Å². The van der Waals surface area contributed by atoms with Crippen LogP contribution in [-0.4, -0.2) is 50.2 Å². The van der Waals surface area contributed by atoms with Crippen LogP contribution in [0.2, 0.25) is 0 Å². The minimum Gasteiger partial charge on any atom is -0.383 e. The van der Waals surface area contributed by atoms with Gasteiger partial charge in [0.15, 0.2) is 0 Å². The molecule has 3 N–H and O–H groups in total. The fraction of sp³-hybridized carbons (Fsp3) is 0.533. The maximum absolute atomic E-state index is 11.6. The minimum absolute atomic E-state index is 0.149. The lowest BCUT2D eigenvalue weighted by molar-refractivity contribution is -0.123. The van der Waals surface area contributed by atoms with Crippen LogP contribution >= 0.6 is 0 Å². The molecule has 1 heterocycles. The highest BCUT2D eigenvalue weighted by atomic mass is 16.5. The van der Waals surface area contributed by atoms with Crippen LogP contribution in [0.25, 0.3) is 0 Å². The van der Waals surface area contributed by atoms with Crippen LogP contribution in [0.4, 0.5) is 0 Å². The van der Waals surface area contributed by atoms with E-state index < -0.39 is 6.04 Å². The molecule has 0 saturated carbocycles. The van der Waals surface area contributed by atoms with Crippen molar-refractivity contribution in [1.82, 2.24) is 10.2 Å². The summed E-state index contributed by atoms with van der Waals surface area (Å²) in [7, 11) is 1.54. The molecule has 1 amide bonds. The van der Waals surface area contributed by atoms with E-state index in [-0.39, 0.29) is 12.5 Å². The Kier molecular flexibility index (Phi) is 5.52. The molecule has 1 aliphatic heterocycles. The van der Waals surface area contributed by atoms with E-state index in [2.05, 4.69) is 34.5 Å². The highest BCUT2D eigenvalue weighted by Crippen LogP contribution is 2.17. The number of carbonyl (C=O) groups is 1. The van der Waals surface area contributed by atoms with Gasteiger partial charge in [0.25, 0.3) is 0 Å². The van der Waals surface area contributed by atoms with Crippen molar-refractivity contribution < 1.29 is 9.53 Å². The number of benzene rings is 1. The van der Waals surface area contributed by atoms with Gasteiger partial charge in [-0.15, -0.1) is 0 Å². The highest BCUT2D eigenvalue weighted by molar-refractivity contribution is 5.81. The van der Waals surface area contributed by atoms with Gasteiger partial charge in [-0.05, 0) is 17.5 Å². The number of nitrogens with zero attached hydrogens (tertiary/aromatic N) is 1. The van der Waals surface area contributed by atoms with Crippen LogP contribution in [0.15, 0.2) is 24.3 Å². The second-order valence-electron chi connectivity index (χ2n) is 5.15. The number of amides is 1. The second-order valence-corrected chi connectivity index (χ2v) is 5.15. The Morgan fingerprint density at radius 3 is 2.95 bits per heavy atom. The highest BCUT2D eigenvalue weighted by Gasteiger charge is 2.16. The Morgan fingerprint density at radius 1 is 1.45 bits per heavy atom. The number of ether oxygens (including phenoxy) is 1. The van der Waals surface area contributed by atoms with Crippen molar-refractivity contribution in [1.29, 1.82) is 0 Å². The van der Waals surface area contributed by atoms with Gasteiger partial charge in [-0.25, -0.2) is 0 Å². The molecule has 1 aliphatic rings. The van der Waals surface area contributed by atoms with Crippen LogP contribution in [0.3, 0.4) is 0 Å². The van der Waals surface area contributed by atoms with Gasteiger partial charge >= 0.3 is 0 Å². The van der Waals surface area contributed by atoms with Crippen molar-refractivity contribution in [2.75, 3.05) is 33.4 Å². The lowest BCUT2D eigenvalue weighted by Crippen LogP contribution is -2.46. The van der Waals surface area contributed by atoms with Crippen molar-refractivity contribution >= 4 is 5.91 Å². The molecule has 0 bridgehead atoms. The summed E-state index contributed by atoms with van der Waals surface area (Å²) in [5.74, 6) is -0.149. The molecule has 0 radical (unpaired) electrons. The maximum Gasteiger partial charge on any atom is 0.239 e. The normalized spacial score (nSPS) is 16.5. The van der Waals surface area contributed by atoms with Crippen LogP contribution < -0.4 is 11.1 Å². The third-order valence-corrected chi connectivity index (χ3v) is 3.62. The Balaban J connectivity index is 1.72. The fourth-order valence-corrected chi connectivity index (χ4v) is 2.47. The number of rotatable bonds is 6. The van der Waals surface area contributed by atoms with Crippen molar-refractivity contribution in [3.8, 4) is 0 Å². The minimum atomic E-state index is -0.581. The largest absolute Gasteiger partial charge is 0.383 e. The van der Waals surface area contributed by atoms with E-state index in [1.807, 2.05) is 0 Å². The molecule has 1 atom stereocenters. The maximum atomic E-state index is 11.6. The Bertz CT molecular complexity index is 450. The van der Waals surface area contributed by atoms with Gasteiger partial charge < -0.3 is 15.8 Å². The number of hydrogen-bond donors (Lipinski definition) is 2. The van der Waals surface area contributed by atoms with Crippen molar-refractivity contribution in [2.24, 2.45) is 5.73 Å². The SMILES string of the molecule is COCC(N)C(=O)NCCN1CCc2ccccc2C1. The van der Waals surface area contributed by atoms with Gasteiger partial charge in [0.05, 0.1) is 6.61 Å². The van der Waals surface area contributed by atoms with E-state index in [1.165, 1.54) is 18.2 Å². The number of nitrogens with two attached hydrogens (primary N) is 1. The number of nitrogens with one attached hydrogen (secondary N) is 1. The monoisotopic (exact) mass is 277 g/mol. The van der Waals surface area contributed by atoms with Gasteiger partial charge in [0.1, 0.15) is 6.04 Å². The molecule has 0 aromatic heterocycles. The zero-order chi connectivity index (χ0) is 14.4. The molecule has 0 fully saturated rings. The summed E-state index contributed by atoms with van der Waals surface area (Å²) in [6.07, 6.45) is 1.08. The first-order valence-electron chi connectivity index (χ1n) is 7.02. The van der Waals surface area contributed by atoms with Gasteiger partial charge in [-0.1, -0.05) is 24.3 Å². The van der Waals surface area contributed by atoms with Crippen LogP contribution in [0, 0.1) is 0 Å². The van der Waals surface area contributed by atoms with E-state index in [0.29, 0.717) is 6.54 Å². The summed E-state index contributed by atoms with van der Waals surface area (Å²) in [6, 6.07) is 7.95. The summed E-state index contributed by atoms with van der Waals surface area (Å²) in [5.41, 5.74) is 8.49. The molecule has 1 aromatic rings. The summed E-state index contributed by atoms with van der Waals surface area (Å²) >= 11 is 0. The van der Waals surface area contributed by atoms with Crippen LogP contribution in [0.5, 0.6) is 0 Å². The first kappa shape index (κ1) is 15.0. The molecule has 20 heavy (non-hydrogen) atoms. The number of carbonyl (C=O) groups excluding carboxylic acids is 1. The predicted octanol–water partition coefficient (Wildman–Crippen LogP) is 0.135. The molecule has 5 heteroatoms. The third-order valence-electron chi connectivity index (χ3n) is 3.62. The van der Waals surface area contributed by atoms with Crippen LogP contribution in [-0.2, 0) is 22.5 Å². The number of hydrogen-bond acceptors (Lipinski definition) is 4. The summed E-state index contributed by atoms with van der Waals surface area (Å²) in [5, 5.41) is 2.85. The molecule has 0 aliphatic carbocycles. The number of fused-ring (bicyclic) bond motifs is 1. The predicted molar refractivity (Wildman–Crippen MR) is 78.3 cm³/mol. The quantitative estimate of drug-likeness (QED) is 0.776. The number of methoxy groups -OCH3 is 1. The molecule has 0 spiro atoms. The standard InChI is InChI=1S/C15H23N3O2/c1-20-11-14(16)15(19)17-7-9-18-8-6-12-4-2-3-5-13(12)10-18/h2-5,14H,6-11,16H2,1H3,(H,17,19). The third kappa shape index (κ3) is 4.03. The van der Waals surface area contributed by atoms with E-state index in [4.69, 9.17) is 10.5 Å². The molecule has 1 aromatic carbocycles. The van der Waals surface area contributed by atoms with Crippen molar-refractivity contribution in [3.63, 3.8) is 0 Å². The smallest absolute Gasteiger partial charge is 0.239 e. The molecule has 110 valence electrons. The Morgan fingerprint density at radius 2 is 2.20 bits per heavy atom. The molecular formula is C15H23N3O2. The lowest BCUT2D eigenvalue weighted by atomic mass is 10.00. The molecule has 5 nitrogen and oxygen atoms in total. The molecule has 2 rings (SSSR count). The average molecular weight is 277 g/mol. The first-order valence-corrected chi connectivity index (χ1v) is 7.02. The topological polar surface area (TPSA) is 67.6 Å². The molecule has 1 unspecified atom stereocenters. The first-order chi connectivity index (χ1) is 9.70. The average Bonchev–Trinajstić information content (AvgIpc) is 2.47. The van der Waals surface area contributed by atoms with E-state index in [0.717, 1.165) is 26.1 Å². The summed E-state index contributed by atoms with van der Waals surface area (Å²) < 4.78 is 4.86. The Hall–Kier alpha value is -1.43. The molecular weight excluding hydrogens is 254 g/mol. The summed E-state index contributed by atoms with van der Waals surface area (Å²) in [4.78, 5) is 14.0. The lowest BCUT2D eigenvalue weighted by Gasteiger charge is -2.28. The fourth-order valence-electron chi connectivity index (χ4n) is 2.47. The van der Waals surface area contributed by atoms with Gasteiger partial charge in [0.2, 0.25) is 5.91 Å². The van der Waals surface area contributed by atoms with E-state index >= 15 is 0 Å². The Labute approximate surface area is 120 Å². The van der Waals surface area contributed by atoms with Crippen LogP contribution in [0.1, 0.15) is 11.1 Å². The summed E-state index contributed by atoms with van der Waals surface area (Å²) in [6.45, 7) is 3.72. The van der Waals surface area contributed by atoms with Gasteiger partial charge in [0, 0.05) is 33.3 Å².